The fourth-order valence-corrected chi connectivity index (χ4v) is 2.26. The number of hydrogen-bond donors (Lipinski definition) is 1. The van der Waals surface area contributed by atoms with Gasteiger partial charge in [0, 0.05) is 13.1 Å². The van der Waals surface area contributed by atoms with Gasteiger partial charge in [-0.05, 0) is 36.3 Å². The van der Waals surface area contributed by atoms with Crippen LogP contribution in [0.3, 0.4) is 0 Å². The van der Waals surface area contributed by atoms with Crippen LogP contribution in [0.15, 0.2) is 24.3 Å². The number of nitrogens with one attached hydrogen (secondary N) is 1. The molecule has 0 spiro atoms. The van der Waals surface area contributed by atoms with Crippen LogP contribution in [0.2, 0.25) is 0 Å². The minimum absolute atomic E-state index is 0. The molecule has 1 aromatic carbocycles. The van der Waals surface area contributed by atoms with E-state index in [2.05, 4.69) is 43.4 Å². The summed E-state index contributed by atoms with van der Waals surface area (Å²) in [6.45, 7) is 6.76. The molecule has 90 valence electrons. The molecule has 16 heavy (non-hydrogen) atoms. The first-order valence-corrected chi connectivity index (χ1v) is 5.95. The number of halogens is 1. The highest BCUT2D eigenvalue weighted by molar-refractivity contribution is 5.85. The van der Waals surface area contributed by atoms with Gasteiger partial charge in [-0.25, -0.2) is 0 Å². The van der Waals surface area contributed by atoms with Crippen molar-refractivity contribution < 1.29 is 0 Å². The highest BCUT2D eigenvalue weighted by Gasteiger charge is 2.30. The number of aryl methyl sites for hydroxylation is 1. The standard InChI is InChI=1S/C14H21N.ClH/c1-12-6-3-4-7-13(12)10-15-11-14(2)8-5-9-14;/h3-4,6-7,15H,5,8-11H2,1-2H3;1H. The normalized spacial score (nSPS) is 17.4. The first-order chi connectivity index (χ1) is 7.20. The molecule has 0 bridgehead atoms. The summed E-state index contributed by atoms with van der Waals surface area (Å²) in [5.74, 6) is 0. The highest BCUT2D eigenvalue weighted by atomic mass is 35.5. The lowest BCUT2D eigenvalue weighted by Gasteiger charge is -2.38. The second kappa shape index (κ2) is 5.70. The zero-order valence-corrected chi connectivity index (χ0v) is 11.1. The summed E-state index contributed by atoms with van der Waals surface area (Å²) >= 11 is 0. The predicted molar refractivity (Wildman–Crippen MR) is 72.1 cm³/mol. The summed E-state index contributed by atoms with van der Waals surface area (Å²) in [6.07, 6.45) is 4.21. The Bertz CT molecular complexity index is 331. The van der Waals surface area contributed by atoms with Crippen LogP contribution in [0.5, 0.6) is 0 Å². The second-order valence-electron chi connectivity index (χ2n) is 5.19. The minimum Gasteiger partial charge on any atom is -0.312 e. The Morgan fingerprint density at radius 3 is 2.50 bits per heavy atom. The molecule has 2 rings (SSSR count). The van der Waals surface area contributed by atoms with Gasteiger partial charge in [0.15, 0.2) is 0 Å². The monoisotopic (exact) mass is 239 g/mol. The number of rotatable bonds is 4. The van der Waals surface area contributed by atoms with Crippen LogP contribution in [0, 0.1) is 12.3 Å². The molecule has 1 aromatic rings. The van der Waals surface area contributed by atoms with Crippen LogP contribution in [0.1, 0.15) is 37.3 Å². The molecule has 1 saturated carbocycles. The van der Waals surface area contributed by atoms with Gasteiger partial charge in [-0.1, -0.05) is 37.6 Å². The molecule has 2 heteroatoms. The fraction of sp³-hybridized carbons (Fsp3) is 0.571. The molecule has 0 aliphatic heterocycles. The zero-order chi connectivity index (χ0) is 10.7. The van der Waals surface area contributed by atoms with Crippen molar-refractivity contribution in [2.24, 2.45) is 5.41 Å². The van der Waals surface area contributed by atoms with Crippen molar-refractivity contribution in [1.82, 2.24) is 5.32 Å². The summed E-state index contributed by atoms with van der Waals surface area (Å²) < 4.78 is 0. The van der Waals surface area contributed by atoms with Gasteiger partial charge in [0.1, 0.15) is 0 Å². The molecule has 0 unspecified atom stereocenters. The third-order valence-corrected chi connectivity index (χ3v) is 3.69. The van der Waals surface area contributed by atoms with Crippen LogP contribution in [0.4, 0.5) is 0 Å². The molecular formula is C14H22ClN. The molecule has 1 aliphatic carbocycles. The van der Waals surface area contributed by atoms with Crippen LogP contribution in [-0.2, 0) is 6.54 Å². The molecule has 0 atom stereocenters. The number of benzene rings is 1. The average molecular weight is 240 g/mol. The van der Waals surface area contributed by atoms with Gasteiger partial charge in [0.05, 0.1) is 0 Å². The minimum atomic E-state index is 0. The molecule has 0 amide bonds. The van der Waals surface area contributed by atoms with E-state index >= 15 is 0 Å². The Hall–Kier alpha value is -0.530. The smallest absolute Gasteiger partial charge is 0.0208 e. The van der Waals surface area contributed by atoms with E-state index in [1.807, 2.05) is 0 Å². The van der Waals surface area contributed by atoms with Crippen molar-refractivity contribution in [2.75, 3.05) is 6.54 Å². The topological polar surface area (TPSA) is 12.0 Å². The zero-order valence-electron chi connectivity index (χ0n) is 10.3. The summed E-state index contributed by atoms with van der Waals surface area (Å²) in [6, 6.07) is 8.62. The van der Waals surface area contributed by atoms with Crippen molar-refractivity contribution in [1.29, 1.82) is 0 Å². The third kappa shape index (κ3) is 3.23. The Labute approximate surface area is 105 Å². The summed E-state index contributed by atoms with van der Waals surface area (Å²) in [7, 11) is 0. The summed E-state index contributed by atoms with van der Waals surface area (Å²) in [5.41, 5.74) is 3.41. The average Bonchev–Trinajstić information content (AvgIpc) is 2.18. The Morgan fingerprint density at radius 2 is 1.94 bits per heavy atom. The van der Waals surface area contributed by atoms with Crippen molar-refractivity contribution >= 4 is 12.4 Å². The quantitative estimate of drug-likeness (QED) is 0.845. The summed E-state index contributed by atoms with van der Waals surface area (Å²) in [5, 5.41) is 3.58. The predicted octanol–water partition coefficient (Wildman–Crippen LogP) is 3.70. The van der Waals surface area contributed by atoms with Crippen LogP contribution in [0.25, 0.3) is 0 Å². The van der Waals surface area contributed by atoms with Gasteiger partial charge in [0.2, 0.25) is 0 Å². The molecule has 0 saturated heterocycles. The van der Waals surface area contributed by atoms with Crippen LogP contribution < -0.4 is 5.32 Å². The van der Waals surface area contributed by atoms with Gasteiger partial charge < -0.3 is 5.32 Å². The van der Waals surface area contributed by atoms with E-state index in [0.717, 1.165) is 6.54 Å². The molecule has 1 aliphatic rings. The van der Waals surface area contributed by atoms with Gasteiger partial charge in [-0.2, -0.15) is 0 Å². The van der Waals surface area contributed by atoms with Crippen molar-refractivity contribution in [3.8, 4) is 0 Å². The molecule has 0 heterocycles. The van der Waals surface area contributed by atoms with E-state index in [-0.39, 0.29) is 12.4 Å². The molecule has 1 nitrogen and oxygen atoms in total. The van der Waals surface area contributed by atoms with Gasteiger partial charge in [0.25, 0.3) is 0 Å². The first-order valence-electron chi connectivity index (χ1n) is 5.95. The van der Waals surface area contributed by atoms with E-state index in [0.29, 0.717) is 5.41 Å². The number of hydrogen-bond acceptors (Lipinski definition) is 1. The summed E-state index contributed by atoms with van der Waals surface area (Å²) in [4.78, 5) is 0. The molecule has 0 aromatic heterocycles. The highest BCUT2D eigenvalue weighted by Crippen LogP contribution is 2.39. The Morgan fingerprint density at radius 1 is 1.25 bits per heavy atom. The second-order valence-corrected chi connectivity index (χ2v) is 5.19. The molecule has 1 fully saturated rings. The van der Waals surface area contributed by atoms with E-state index in [4.69, 9.17) is 0 Å². The van der Waals surface area contributed by atoms with Crippen molar-refractivity contribution in [2.45, 2.75) is 39.7 Å². The lowest BCUT2D eigenvalue weighted by Crippen LogP contribution is -2.37. The van der Waals surface area contributed by atoms with Gasteiger partial charge >= 0.3 is 0 Å². The maximum absolute atomic E-state index is 3.58. The van der Waals surface area contributed by atoms with E-state index in [9.17, 15) is 0 Å². The SMILES string of the molecule is Cc1ccccc1CNCC1(C)CCC1.Cl. The van der Waals surface area contributed by atoms with E-state index in [1.165, 1.54) is 36.9 Å². The van der Waals surface area contributed by atoms with Crippen molar-refractivity contribution in [3.63, 3.8) is 0 Å². The Kier molecular flexibility index (Phi) is 4.82. The maximum Gasteiger partial charge on any atom is 0.0208 e. The lowest BCUT2D eigenvalue weighted by molar-refractivity contribution is 0.156. The molecule has 1 N–H and O–H groups in total. The fourth-order valence-electron chi connectivity index (χ4n) is 2.26. The van der Waals surface area contributed by atoms with Crippen LogP contribution >= 0.6 is 12.4 Å². The van der Waals surface area contributed by atoms with E-state index in [1.54, 1.807) is 0 Å². The lowest BCUT2D eigenvalue weighted by atomic mass is 9.70. The van der Waals surface area contributed by atoms with Crippen molar-refractivity contribution in [3.05, 3.63) is 35.4 Å². The van der Waals surface area contributed by atoms with Crippen LogP contribution in [-0.4, -0.2) is 6.54 Å². The Balaban J connectivity index is 0.00000128. The van der Waals surface area contributed by atoms with E-state index < -0.39 is 0 Å². The van der Waals surface area contributed by atoms with Gasteiger partial charge in [-0.15, -0.1) is 12.4 Å². The third-order valence-electron chi connectivity index (χ3n) is 3.69. The first kappa shape index (κ1) is 13.5. The largest absolute Gasteiger partial charge is 0.312 e. The molecule has 0 radical (unpaired) electrons. The van der Waals surface area contributed by atoms with Gasteiger partial charge in [-0.3, -0.25) is 0 Å². The molecular weight excluding hydrogens is 218 g/mol. The maximum atomic E-state index is 3.58.